The van der Waals surface area contributed by atoms with E-state index >= 15 is 0 Å². The third-order valence-corrected chi connectivity index (χ3v) is 4.84. The zero-order valence-corrected chi connectivity index (χ0v) is 17.7. The van der Waals surface area contributed by atoms with Crippen LogP contribution in [0.2, 0.25) is 0 Å². The van der Waals surface area contributed by atoms with Crippen LogP contribution in [-0.4, -0.2) is 36.0 Å². The van der Waals surface area contributed by atoms with Gasteiger partial charge in [-0.2, -0.15) is 0 Å². The number of ether oxygens (including phenoxy) is 1. The number of nitrogens with zero attached hydrogens (tertiary/aromatic N) is 2. The zero-order chi connectivity index (χ0) is 22.5. The lowest BCUT2D eigenvalue weighted by atomic mass is 10.1. The number of amides is 1. The summed E-state index contributed by atoms with van der Waals surface area (Å²) in [5.41, 5.74) is 7.22. The number of hydrogen-bond acceptors (Lipinski definition) is 6. The molecule has 0 radical (unpaired) electrons. The molecule has 3 rings (SSSR count). The minimum absolute atomic E-state index is 0.00115. The number of nitrogens with one attached hydrogen (secondary N) is 3. The lowest BCUT2D eigenvalue weighted by Gasteiger charge is -2.17. The Morgan fingerprint density at radius 1 is 1.29 bits per heavy atom. The van der Waals surface area contributed by atoms with Crippen molar-refractivity contribution in [2.75, 3.05) is 17.7 Å². The minimum atomic E-state index is -0.211. The highest BCUT2D eigenvalue weighted by atomic mass is 16.5. The summed E-state index contributed by atoms with van der Waals surface area (Å²) < 4.78 is 5.51. The van der Waals surface area contributed by atoms with Crippen LogP contribution in [0.5, 0.6) is 5.75 Å². The van der Waals surface area contributed by atoms with E-state index in [1.807, 2.05) is 0 Å². The van der Waals surface area contributed by atoms with Crippen LogP contribution in [0.4, 0.5) is 17.2 Å². The first-order chi connectivity index (χ1) is 14.8. The van der Waals surface area contributed by atoms with E-state index in [0.717, 1.165) is 19.2 Å². The van der Waals surface area contributed by atoms with E-state index in [1.54, 1.807) is 38.1 Å². The van der Waals surface area contributed by atoms with Gasteiger partial charge in [-0.25, -0.2) is 9.98 Å². The van der Waals surface area contributed by atoms with E-state index in [4.69, 9.17) is 15.9 Å². The van der Waals surface area contributed by atoms with Gasteiger partial charge in [0.25, 0.3) is 0 Å². The quantitative estimate of drug-likeness (QED) is 0.292. The maximum absolute atomic E-state index is 12.8. The molecule has 1 amide bonds. The summed E-state index contributed by atoms with van der Waals surface area (Å²) >= 11 is 0. The molecule has 0 aliphatic heterocycles. The Labute approximate surface area is 180 Å². The van der Waals surface area contributed by atoms with Gasteiger partial charge < -0.3 is 21.1 Å². The highest BCUT2D eigenvalue weighted by Crippen LogP contribution is 2.37. The van der Waals surface area contributed by atoms with Crippen molar-refractivity contribution in [2.45, 2.75) is 26.7 Å². The molecule has 31 heavy (non-hydrogen) atoms. The van der Waals surface area contributed by atoms with Crippen molar-refractivity contribution in [2.24, 2.45) is 22.6 Å². The number of aliphatic imine (C=N–C) groups is 1. The van der Waals surface area contributed by atoms with Crippen LogP contribution < -0.4 is 21.1 Å². The summed E-state index contributed by atoms with van der Waals surface area (Å²) in [5, 5.41) is 14.1. The number of nitrogens with two attached hydrogens (primary N) is 1. The Morgan fingerprint density at radius 3 is 2.65 bits per heavy atom. The number of benzene rings is 1. The van der Waals surface area contributed by atoms with Crippen LogP contribution in [0.3, 0.4) is 0 Å². The van der Waals surface area contributed by atoms with Gasteiger partial charge in [-0.15, -0.1) is 0 Å². The number of hydrogen-bond donors (Lipinski definition) is 4. The predicted molar refractivity (Wildman–Crippen MR) is 121 cm³/mol. The largest absolute Gasteiger partial charge is 0.494 e. The van der Waals surface area contributed by atoms with Gasteiger partial charge in [0.15, 0.2) is 17.4 Å². The lowest BCUT2D eigenvalue weighted by Crippen LogP contribution is -2.19. The molecule has 0 saturated heterocycles. The fourth-order valence-corrected chi connectivity index (χ4v) is 2.99. The minimum Gasteiger partial charge on any atom is -0.494 e. The van der Waals surface area contributed by atoms with Gasteiger partial charge in [-0.05, 0) is 25.0 Å². The molecule has 1 aromatic carbocycles. The molecule has 1 saturated carbocycles. The third-order valence-electron chi connectivity index (χ3n) is 4.84. The number of methoxy groups -OCH3 is 1. The number of aromatic nitrogens is 1. The summed E-state index contributed by atoms with van der Waals surface area (Å²) in [4.78, 5) is 33.0. The second-order valence-electron chi connectivity index (χ2n) is 7.54. The van der Waals surface area contributed by atoms with Gasteiger partial charge in [-0.3, -0.25) is 15.0 Å². The number of carbonyl (C=O) groups is 2. The third kappa shape index (κ3) is 5.06. The molecule has 5 N–H and O–H groups in total. The normalized spacial score (nSPS) is 13.3. The Bertz CT molecular complexity index is 1040. The number of para-hydroxylation sites is 1. The molecule has 1 fully saturated rings. The fraction of sp³-hybridized carbons (Fsp3) is 0.318. The van der Waals surface area contributed by atoms with Crippen molar-refractivity contribution in [1.29, 1.82) is 5.41 Å². The van der Waals surface area contributed by atoms with E-state index in [-0.39, 0.29) is 29.4 Å². The molecule has 1 aliphatic carbocycles. The van der Waals surface area contributed by atoms with E-state index < -0.39 is 0 Å². The van der Waals surface area contributed by atoms with Gasteiger partial charge in [0.2, 0.25) is 5.91 Å². The van der Waals surface area contributed by atoms with Crippen LogP contribution in [0, 0.1) is 17.2 Å². The van der Waals surface area contributed by atoms with Crippen molar-refractivity contribution >= 4 is 41.1 Å². The van der Waals surface area contributed by atoms with Crippen molar-refractivity contribution in [3.63, 3.8) is 0 Å². The molecule has 1 heterocycles. The number of carbonyl (C=O) groups excluding carboxylic acids is 2. The highest BCUT2D eigenvalue weighted by molar-refractivity contribution is 6.06. The van der Waals surface area contributed by atoms with Crippen LogP contribution in [-0.2, 0) is 4.79 Å². The van der Waals surface area contributed by atoms with Crippen LogP contribution in [0.1, 0.15) is 42.6 Å². The number of ketones is 1. The van der Waals surface area contributed by atoms with Crippen molar-refractivity contribution < 1.29 is 14.3 Å². The van der Waals surface area contributed by atoms with Gasteiger partial charge >= 0.3 is 0 Å². The second kappa shape index (κ2) is 9.38. The smallest absolute Gasteiger partial charge is 0.228 e. The van der Waals surface area contributed by atoms with Crippen LogP contribution >= 0.6 is 0 Å². The summed E-state index contributed by atoms with van der Waals surface area (Å²) in [6.07, 6.45) is 4.24. The maximum Gasteiger partial charge on any atom is 0.228 e. The summed E-state index contributed by atoms with van der Waals surface area (Å²) in [6.45, 7) is 3.57. The standard InChI is InChI=1S/C22H26N6O3/c1-12(2)22(30)28-18-9-17(15(10-25-18)19(29)13-7-8-13)27-16-6-4-5-14(20(16)31-3)21(24)26-11-23/h4-6,9-13H,7-8H2,1-3H3,(H3,23,24,26)(H2,25,27,28,30). The first-order valence-electron chi connectivity index (χ1n) is 9.98. The molecular weight excluding hydrogens is 396 g/mol. The first-order valence-corrected chi connectivity index (χ1v) is 9.98. The highest BCUT2D eigenvalue weighted by Gasteiger charge is 2.32. The SMILES string of the molecule is COc1c(Nc2cc(NC(=O)C(C)C)ncc2C(=O)C2CC2)cccc1C(=N)/N=C\N. The number of rotatable bonds is 8. The Kier molecular flexibility index (Phi) is 6.64. The average molecular weight is 422 g/mol. The molecule has 1 aromatic heterocycles. The molecule has 162 valence electrons. The van der Waals surface area contributed by atoms with Crippen LogP contribution in [0.15, 0.2) is 35.5 Å². The van der Waals surface area contributed by atoms with Crippen molar-refractivity contribution in [3.05, 3.63) is 41.6 Å². The maximum atomic E-state index is 12.8. The van der Waals surface area contributed by atoms with Gasteiger partial charge in [0.05, 0.1) is 36.0 Å². The van der Waals surface area contributed by atoms with E-state index in [9.17, 15) is 9.59 Å². The molecule has 0 unspecified atom stereocenters. The topological polar surface area (TPSA) is 143 Å². The van der Waals surface area contributed by atoms with Crippen molar-refractivity contribution in [1.82, 2.24) is 4.98 Å². The molecule has 2 aromatic rings. The molecule has 0 spiro atoms. The lowest BCUT2D eigenvalue weighted by molar-refractivity contribution is -0.118. The summed E-state index contributed by atoms with van der Waals surface area (Å²) in [7, 11) is 1.49. The van der Waals surface area contributed by atoms with Crippen LogP contribution in [0.25, 0.3) is 0 Å². The molecule has 0 bridgehead atoms. The van der Waals surface area contributed by atoms with Gasteiger partial charge in [0, 0.05) is 24.1 Å². The fourth-order valence-electron chi connectivity index (χ4n) is 2.99. The zero-order valence-electron chi connectivity index (χ0n) is 17.7. The predicted octanol–water partition coefficient (Wildman–Crippen LogP) is 3.33. The number of amidine groups is 1. The molecule has 9 heteroatoms. The monoisotopic (exact) mass is 422 g/mol. The van der Waals surface area contributed by atoms with Gasteiger partial charge in [-0.1, -0.05) is 19.9 Å². The number of pyridine rings is 1. The Hall–Kier alpha value is -3.75. The molecular formula is C22H26N6O3. The first kappa shape index (κ1) is 21.9. The number of Topliss-reactive ketones (excluding diaryl/α,β-unsaturated/α-hetero) is 1. The van der Waals surface area contributed by atoms with Crippen molar-refractivity contribution in [3.8, 4) is 5.75 Å². The second-order valence-corrected chi connectivity index (χ2v) is 7.54. The van der Waals surface area contributed by atoms with E-state index in [1.165, 1.54) is 13.3 Å². The Morgan fingerprint density at radius 2 is 2.03 bits per heavy atom. The summed E-state index contributed by atoms with van der Waals surface area (Å²) in [5.74, 6) is 0.281. The molecule has 1 aliphatic rings. The molecule has 9 nitrogen and oxygen atoms in total. The van der Waals surface area contributed by atoms with E-state index in [0.29, 0.717) is 34.1 Å². The van der Waals surface area contributed by atoms with Gasteiger partial charge in [0.1, 0.15) is 5.82 Å². The number of anilines is 3. The van der Waals surface area contributed by atoms with E-state index in [2.05, 4.69) is 20.6 Å². The summed E-state index contributed by atoms with van der Waals surface area (Å²) in [6, 6.07) is 6.83. The average Bonchev–Trinajstić information content (AvgIpc) is 3.59. The molecule has 0 atom stereocenters. The Balaban J connectivity index is 2.02.